The third kappa shape index (κ3) is 2.26. The van der Waals surface area contributed by atoms with Crippen LogP contribution in [0.15, 0.2) is 36.7 Å². The summed E-state index contributed by atoms with van der Waals surface area (Å²) in [5.74, 6) is -0.170. The van der Waals surface area contributed by atoms with Crippen LogP contribution in [0.4, 0.5) is 5.69 Å². The van der Waals surface area contributed by atoms with E-state index in [4.69, 9.17) is 5.73 Å². The highest BCUT2D eigenvalue weighted by atomic mass is 16.1. The number of aromatic amines is 1. The quantitative estimate of drug-likeness (QED) is 0.718. The molecule has 0 aliphatic rings. The van der Waals surface area contributed by atoms with Crippen LogP contribution in [-0.2, 0) is 6.54 Å². The SMILES string of the molecule is NCc1cccc(C(=O)Nc2cn[nH]c2)c1. The highest BCUT2D eigenvalue weighted by molar-refractivity contribution is 6.04. The molecule has 1 aromatic carbocycles. The number of nitrogens with two attached hydrogens (primary N) is 1. The van der Waals surface area contributed by atoms with Gasteiger partial charge in [-0.05, 0) is 17.7 Å². The number of anilines is 1. The van der Waals surface area contributed by atoms with Crippen molar-refractivity contribution in [2.45, 2.75) is 6.54 Å². The van der Waals surface area contributed by atoms with Gasteiger partial charge >= 0.3 is 0 Å². The first-order valence-electron chi connectivity index (χ1n) is 4.89. The number of rotatable bonds is 3. The minimum atomic E-state index is -0.170. The monoisotopic (exact) mass is 216 g/mol. The Bertz CT molecular complexity index is 478. The van der Waals surface area contributed by atoms with E-state index in [2.05, 4.69) is 15.5 Å². The van der Waals surface area contributed by atoms with Crippen molar-refractivity contribution >= 4 is 11.6 Å². The van der Waals surface area contributed by atoms with Crippen molar-refractivity contribution in [3.8, 4) is 0 Å². The minimum Gasteiger partial charge on any atom is -0.326 e. The zero-order chi connectivity index (χ0) is 11.4. The number of hydrogen-bond donors (Lipinski definition) is 3. The number of amides is 1. The number of H-pyrrole nitrogens is 1. The summed E-state index contributed by atoms with van der Waals surface area (Å²) < 4.78 is 0. The van der Waals surface area contributed by atoms with Crippen LogP contribution < -0.4 is 11.1 Å². The van der Waals surface area contributed by atoms with E-state index in [1.165, 1.54) is 0 Å². The van der Waals surface area contributed by atoms with Crippen LogP contribution >= 0.6 is 0 Å². The number of carbonyl (C=O) groups is 1. The van der Waals surface area contributed by atoms with Crippen LogP contribution in [-0.4, -0.2) is 16.1 Å². The summed E-state index contributed by atoms with van der Waals surface area (Å²) in [6.45, 7) is 0.423. The van der Waals surface area contributed by atoms with E-state index in [1.54, 1.807) is 24.5 Å². The lowest BCUT2D eigenvalue weighted by molar-refractivity contribution is 0.102. The summed E-state index contributed by atoms with van der Waals surface area (Å²) in [6.07, 6.45) is 3.16. The number of aromatic nitrogens is 2. The molecule has 0 spiro atoms. The smallest absolute Gasteiger partial charge is 0.255 e. The van der Waals surface area contributed by atoms with Gasteiger partial charge in [0.2, 0.25) is 0 Å². The Kier molecular flexibility index (Phi) is 2.98. The molecular weight excluding hydrogens is 204 g/mol. The molecule has 4 N–H and O–H groups in total. The largest absolute Gasteiger partial charge is 0.326 e. The Morgan fingerprint density at radius 3 is 3.06 bits per heavy atom. The fourth-order valence-electron chi connectivity index (χ4n) is 1.36. The topological polar surface area (TPSA) is 83.8 Å². The summed E-state index contributed by atoms with van der Waals surface area (Å²) in [7, 11) is 0. The molecule has 0 aliphatic heterocycles. The predicted molar refractivity (Wildman–Crippen MR) is 60.9 cm³/mol. The van der Waals surface area contributed by atoms with Gasteiger partial charge < -0.3 is 11.1 Å². The first kappa shape index (κ1) is 10.4. The molecule has 0 saturated heterocycles. The van der Waals surface area contributed by atoms with Gasteiger partial charge in [-0.3, -0.25) is 9.89 Å². The van der Waals surface area contributed by atoms with Crippen LogP contribution in [0.5, 0.6) is 0 Å². The molecule has 1 amide bonds. The molecule has 82 valence electrons. The molecule has 16 heavy (non-hydrogen) atoms. The predicted octanol–water partition coefficient (Wildman–Crippen LogP) is 1.12. The lowest BCUT2D eigenvalue weighted by Crippen LogP contribution is -2.12. The number of nitrogens with zero attached hydrogens (tertiary/aromatic N) is 1. The van der Waals surface area contributed by atoms with E-state index >= 15 is 0 Å². The van der Waals surface area contributed by atoms with E-state index in [9.17, 15) is 4.79 Å². The molecule has 0 unspecified atom stereocenters. The molecular formula is C11H12N4O. The molecule has 0 fully saturated rings. The van der Waals surface area contributed by atoms with Gasteiger partial charge in [-0.15, -0.1) is 0 Å². The van der Waals surface area contributed by atoms with Crippen molar-refractivity contribution in [3.63, 3.8) is 0 Å². The first-order chi connectivity index (χ1) is 7.79. The highest BCUT2D eigenvalue weighted by Gasteiger charge is 2.06. The minimum absolute atomic E-state index is 0.170. The van der Waals surface area contributed by atoms with Crippen LogP contribution in [0.25, 0.3) is 0 Å². The van der Waals surface area contributed by atoms with Crippen molar-refractivity contribution in [2.75, 3.05) is 5.32 Å². The average Bonchev–Trinajstić information content (AvgIpc) is 2.82. The maximum absolute atomic E-state index is 11.8. The van der Waals surface area contributed by atoms with Crippen molar-refractivity contribution in [2.24, 2.45) is 5.73 Å². The summed E-state index contributed by atoms with van der Waals surface area (Å²) in [4.78, 5) is 11.8. The molecule has 0 radical (unpaired) electrons. The normalized spacial score (nSPS) is 10.1. The zero-order valence-corrected chi connectivity index (χ0v) is 8.60. The summed E-state index contributed by atoms with van der Waals surface area (Å²) in [5, 5.41) is 9.08. The molecule has 2 aromatic rings. The molecule has 1 aromatic heterocycles. The first-order valence-corrected chi connectivity index (χ1v) is 4.89. The Labute approximate surface area is 92.7 Å². The molecule has 1 heterocycles. The molecule has 0 aliphatic carbocycles. The number of hydrogen-bond acceptors (Lipinski definition) is 3. The van der Waals surface area contributed by atoms with Crippen molar-refractivity contribution < 1.29 is 4.79 Å². The summed E-state index contributed by atoms with van der Waals surface area (Å²) in [6, 6.07) is 7.21. The van der Waals surface area contributed by atoms with Crippen LogP contribution in [0, 0.1) is 0 Å². The number of nitrogens with one attached hydrogen (secondary N) is 2. The fraction of sp³-hybridized carbons (Fsp3) is 0.0909. The van der Waals surface area contributed by atoms with Gasteiger partial charge in [-0.25, -0.2) is 0 Å². The van der Waals surface area contributed by atoms with E-state index in [0.29, 0.717) is 17.8 Å². The highest BCUT2D eigenvalue weighted by Crippen LogP contribution is 2.08. The van der Waals surface area contributed by atoms with Crippen molar-refractivity contribution in [1.82, 2.24) is 10.2 Å². The van der Waals surface area contributed by atoms with Gasteiger partial charge in [0.1, 0.15) is 0 Å². The molecule has 0 atom stereocenters. The van der Waals surface area contributed by atoms with Crippen molar-refractivity contribution in [3.05, 3.63) is 47.8 Å². The molecule has 0 bridgehead atoms. The lowest BCUT2D eigenvalue weighted by Gasteiger charge is -2.03. The van der Waals surface area contributed by atoms with Gasteiger partial charge in [0.15, 0.2) is 0 Å². The van der Waals surface area contributed by atoms with E-state index in [-0.39, 0.29) is 5.91 Å². The number of carbonyl (C=O) groups excluding carboxylic acids is 1. The average molecular weight is 216 g/mol. The van der Waals surface area contributed by atoms with Gasteiger partial charge in [-0.1, -0.05) is 12.1 Å². The van der Waals surface area contributed by atoms with Crippen LogP contribution in [0.1, 0.15) is 15.9 Å². The van der Waals surface area contributed by atoms with Crippen LogP contribution in [0.2, 0.25) is 0 Å². The second kappa shape index (κ2) is 4.59. The third-order valence-corrected chi connectivity index (χ3v) is 2.18. The maximum Gasteiger partial charge on any atom is 0.255 e. The Morgan fingerprint density at radius 1 is 1.50 bits per heavy atom. The van der Waals surface area contributed by atoms with Gasteiger partial charge in [0.25, 0.3) is 5.91 Å². The standard InChI is InChI=1S/C11H12N4O/c12-5-8-2-1-3-9(4-8)11(16)15-10-6-13-14-7-10/h1-4,6-7H,5,12H2,(H,13,14)(H,15,16). The second-order valence-electron chi connectivity index (χ2n) is 3.35. The Balaban J connectivity index is 2.14. The Hall–Kier alpha value is -2.14. The van der Waals surface area contributed by atoms with E-state index in [0.717, 1.165) is 5.56 Å². The zero-order valence-electron chi connectivity index (χ0n) is 8.60. The van der Waals surface area contributed by atoms with Gasteiger partial charge in [-0.2, -0.15) is 5.10 Å². The van der Waals surface area contributed by atoms with Crippen LogP contribution in [0.3, 0.4) is 0 Å². The van der Waals surface area contributed by atoms with Gasteiger partial charge in [0.05, 0.1) is 11.9 Å². The van der Waals surface area contributed by atoms with E-state index < -0.39 is 0 Å². The van der Waals surface area contributed by atoms with E-state index in [1.807, 2.05) is 12.1 Å². The maximum atomic E-state index is 11.8. The fourth-order valence-corrected chi connectivity index (χ4v) is 1.36. The lowest BCUT2D eigenvalue weighted by atomic mass is 10.1. The van der Waals surface area contributed by atoms with Crippen molar-refractivity contribution in [1.29, 1.82) is 0 Å². The second-order valence-corrected chi connectivity index (χ2v) is 3.35. The molecule has 5 heteroatoms. The summed E-state index contributed by atoms with van der Waals surface area (Å²) in [5.41, 5.74) is 7.67. The van der Waals surface area contributed by atoms with Gasteiger partial charge in [0, 0.05) is 18.3 Å². The third-order valence-electron chi connectivity index (χ3n) is 2.18. The molecule has 5 nitrogen and oxygen atoms in total. The summed E-state index contributed by atoms with van der Waals surface area (Å²) >= 11 is 0. The molecule has 0 saturated carbocycles. The molecule has 2 rings (SSSR count). The number of benzene rings is 1. The Morgan fingerprint density at radius 2 is 2.38 bits per heavy atom.